The van der Waals surface area contributed by atoms with Crippen molar-refractivity contribution in [1.82, 2.24) is 14.4 Å². The van der Waals surface area contributed by atoms with Gasteiger partial charge in [-0.2, -0.15) is 0 Å². The molecule has 0 saturated heterocycles. The third-order valence-corrected chi connectivity index (χ3v) is 3.02. The first kappa shape index (κ1) is 13.3. The average molecular weight is 284 g/mol. The van der Waals surface area contributed by atoms with Crippen molar-refractivity contribution in [3.05, 3.63) is 48.4 Å². The Morgan fingerprint density at radius 2 is 2.29 bits per heavy atom. The first-order valence-electron chi connectivity index (χ1n) is 6.45. The highest BCUT2D eigenvalue weighted by atomic mass is 16.5. The number of hydrogen-bond acceptors (Lipinski definition) is 6. The summed E-state index contributed by atoms with van der Waals surface area (Å²) in [6.07, 6.45) is 5.32. The zero-order chi connectivity index (χ0) is 14.7. The van der Waals surface area contributed by atoms with Crippen LogP contribution in [-0.4, -0.2) is 21.5 Å². The number of anilines is 3. The molecule has 0 spiro atoms. The van der Waals surface area contributed by atoms with E-state index in [2.05, 4.69) is 20.7 Å². The third kappa shape index (κ3) is 2.78. The van der Waals surface area contributed by atoms with Gasteiger partial charge in [-0.3, -0.25) is 0 Å². The fourth-order valence-corrected chi connectivity index (χ4v) is 2.13. The standard InChI is InChI=1S/C14H16N6O/c1-21-9-10-3-2-4-11(7-10)17-13-14-16-5-6-20(14)8-12(18-13)19-15/h2-8,19H,9,15H2,1H3,(H,17,18). The van der Waals surface area contributed by atoms with Gasteiger partial charge in [-0.15, -0.1) is 0 Å². The van der Waals surface area contributed by atoms with Crippen LogP contribution < -0.4 is 16.6 Å². The number of ether oxygens (including phenoxy) is 1. The number of hydrogen-bond donors (Lipinski definition) is 3. The average Bonchev–Trinajstić information content (AvgIpc) is 2.96. The molecule has 7 nitrogen and oxygen atoms in total. The lowest BCUT2D eigenvalue weighted by Gasteiger charge is -2.10. The van der Waals surface area contributed by atoms with E-state index in [1.807, 2.05) is 34.9 Å². The van der Waals surface area contributed by atoms with E-state index >= 15 is 0 Å². The number of nitrogen functional groups attached to an aromatic ring is 1. The van der Waals surface area contributed by atoms with E-state index in [0.717, 1.165) is 16.9 Å². The van der Waals surface area contributed by atoms with E-state index in [1.165, 1.54) is 0 Å². The molecule has 3 aromatic rings. The molecule has 0 aliphatic rings. The Balaban J connectivity index is 1.97. The van der Waals surface area contributed by atoms with Crippen LogP contribution in [0.3, 0.4) is 0 Å². The van der Waals surface area contributed by atoms with Crippen LogP contribution in [0.15, 0.2) is 42.9 Å². The molecule has 21 heavy (non-hydrogen) atoms. The van der Waals surface area contributed by atoms with Gasteiger partial charge in [0.05, 0.1) is 12.8 Å². The number of nitrogens with one attached hydrogen (secondary N) is 2. The molecule has 0 fully saturated rings. The normalized spacial score (nSPS) is 10.8. The largest absolute Gasteiger partial charge is 0.380 e. The lowest BCUT2D eigenvalue weighted by molar-refractivity contribution is 0.185. The Hall–Kier alpha value is -2.64. The second-order valence-electron chi connectivity index (χ2n) is 4.54. The van der Waals surface area contributed by atoms with Crippen molar-refractivity contribution >= 4 is 23.0 Å². The maximum Gasteiger partial charge on any atom is 0.180 e. The molecule has 0 bridgehead atoms. The number of nitrogens with two attached hydrogens (primary N) is 1. The lowest BCUT2D eigenvalue weighted by Crippen LogP contribution is -2.11. The van der Waals surface area contributed by atoms with Gasteiger partial charge in [0.1, 0.15) is 0 Å². The predicted molar refractivity (Wildman–Crippen MR) is 81.2 cm³/mol. The summed E-state index contributed by atoms with van der Waals surface area (Å²) in [4.78, 5) is 8.69. The van der Waals surface area contributed by atoms with Gasteiger partial charge < -0.3 is 19.9 Å². The van der Waals surface area contributed by atoms with Gasteiger partial charge in [-0.1, -0.05) is 12.1 Å². The third-order valence-electron chi connectivity index (χ3n) is 3.02. The molecule has 1 aromatic carbocycles. The van der Waals surface area contributed by atoms with Crippen LogP contribution in [0.5, 0.6) is 0 Å². The number of nitrogens with zero attached hydrogens (tertiary/aromatic N) is 3. The minimum atomic E-state index is 0.552. The van der Waals surface area contributed by atoms with E-state index in [4.69, 9.17) is 10.6 Å². The second-order valence-corrected chi connectivity index (χ2v) is 4.54. The Labute approximate surface area is 121 Å². The molecular formula is C14H16N6O. The molecule has 2 heterocycles. The number of benzene rings is 1. The van der Waals surface area contributed by atoms with Gasteiger partial charge in [-0.05, 0) is 17.7 Å². The molecule has 0 radical (unpaired) electrons. The van der Waals surface area contributed by atoms with E-state index in [0.29, 0.717) is 18.2 Å². The number of methoxy groups -OCH3 is 1. The topological polar surface area (TPSA) is 89.5 Å². The van der Waals surface area contributed by atoms with E-state index in [9.17, 15) is 0 Å². The van der Waals surface area contributed by atoms with Crippen molar-refractivity contribution in [2.24, 2.45) is 5.84 Å². The smallest absolute Gasteiger partial charge is 0.180 e. The molecule has 0 unspecified atom stereocenters. The molecule has 0 saturated carbocycles. The lowest BCUT2D eigenvalue weighted by atomic mass is 10.2. The maximum absolute atomic E-state index is 5.44. The number of aromatic nitrogens is 3. The molecule has 7 heteroatoms. The van der Waals surface area contributed by atoms with Crippen LogP contribution in [0.1, 0.15) is 5.56 Å². The highest BCUT2D eigenvalue weighted by molar-refractivity contribution is 5.71. The number of rotatable bonds is 5. The molecule has 108 valence electrons. The summed E-state index contributed by atoms with van der Waals surface area (Å²) in [6.45, 7) is 0.562. The zero-order valence-electron chi connectivity index (χ0n) is 11.6. The van der Waals surface area contributed by atoms with E-state index in [1.54, 1.807) is 19.5 Å². The van der Waals surface area contributed by atoms with Gasteiger partial charge >= 0.3 is 0 Å². The predicted octanol–water partition coefficient (Wildman–Crippen LogP) is 1.90. The van der Waals surface area contributed by atoms with Crippen molar-refractivity contribution in [2.75, 3.05) is 17.9 Å². The van der Waals surface area contributed by atoms with E-state index in [-0.39, 0.29) is 0 Å². The highest BCUT2D eigenvalue weighted by Gasteiger charge is 2.07. The van der Waals surface area contributed by atoms with Crippen molar-refractivity contribution in [3.63, 3.8) is 0 Å². The minimum absolute atomic E-state index is 0.552. The quantitative estimate of drug-likeness (QED) is 0.490. The van der Waals surface area contributed by atoms with Crippen molar-refractivity contribution in [1.29, 1.82) is 0 Å². The molecule has 3 rings (SSSR count). The number of hydrazine groups is 1. The van der Waals surface area contributed by atoms with Crippen LogP contribution in [0.2, 0.25) is 0 Å². The zero-order valence-corrected chi connectivity index (χ0v) is 11.6. The monoisotopic (exact) mass is 284 g/mol. The summed E-state index contributed by atoms with van der Waals surface area (Å²) >= 11 is 0. The SMILES string of the molecule is COCc1cccc(Nc2nc(NN)cn3ccnc23)c1. The molecule has 4 N–H and O–H groups in total. The molecule has 0 atom stereocenters. The van der Waals surface area contributed by atoms with Crippen molar-refractivity contribution in [3.8, 4) is 0 Å². The summed E-state index contributed by atoms with van der Waals surface area (Å²) in [5.74, 6) is 6.63. The first-order chi connectivity index (χ1) is 10.3. The summed E-state index contributed by atoms with van der Waals surface area (Å²) in [5, 5.41) is 3.26. The minimum Gasteiger partial charge on any atom is -0.380 e. The van der Waals surface area contributed by atoms with E-state index < -0.39 is 0 Å². The van der Waals surface area contributed by atoms with Crippen molar-refractivity contribution in [2.45, 2.75) is 6.61 Å². The first-order valence-corrected chi connectivity index (χ1v) is 6.45. The van der Waals surface area contributed by atoms with Crippen LogP contribution >= 0.6 is 0 Å². The molecule has 2 aromatic heterocycles. The summed E-state index contributed by atoms with van der Waals surface area (Å²) in [7, 11) is 1.67. The van der Waals surface area contributed by atoms with Gasteiger partial charge in [0, 0.05) is 25.2 Å². The van der Waals surface area contributed by atoms with Gasteiger partial charge in [-0.25, -0.2) is 15.8 Å². The van der Waals surface area contributed by atoms with Crippen LogP contribution in [0.25, 0.3) is 5.65 Å². The Morgan fingerprint density at radius 3 is 3.10 bits per heavy atom. The van der Waals surface area contributed by atoms with Crippen LogP contribution in [0, 0.1) is 0 Å². The van der Waals surface area contributed by atoms with Crippen molar-refractivity contribution < 1.29 is 4.74 Å². The summed E-state index contributed by atoms with van der Waals surface area (Å²) in [5.41, 5.74) is 5.27. The van der Waals surface area contributed by atoms with Gasteiger partial charge in [0.2, 0.25) is 0 Å². The number of fused-ring (bicyclic) bond motifs is 1. The Kier molecular flexibility index (Phi) is 3.67. The fraction of sp³-hybridized carbons (Fsp3) is 0.143. The second kappa shape index (κ2) is 5.78. The van der Waals surface area contributed by atoms with Crippen LogP contribution in [-0.2, 0) is 11.3 Å². The highest BCUT2D eigenvalue weighted by Crippen LogP contribution is 2.21. The fourth-order valence-electron chi connectivity index (χ4n) is 2.13. The summed E-state index contributed by atoms with van der Waals surface area (Å²) in [6, 6.07) is 7.94. The van der Waals surface area contributed by atoms with Crippen LogP contribution in [0.4, 0.5) is 17.3 Å². The van der Waals surface area contributed by atoms with Gasteiger partial charge in [0.25, 0.3) is 0 Å². The Bertz CT molecular complexity index is 754. The van der Waals surface area contributed by atoms with Gasteiger partial charge in [0.15, 0.2) is 17.3 Å². The summed E-state index contributed by atoms with van der Waals surface area (Å²) < 4.78 is 6.99. The Morgan fingerprint density at radius 1 is 1.38 bits per heavy atom. The maximum atomic E-state index is 5.44. The molecule has 0 aliphatic heterocycles. The number of imidazole rings is 1. The molecular weight excluding hydrogens is 268 g/mol. The molecule has 0 aliphatic carbocycles. The molecule has 0 amide bonds.